The summed E-state index contributed by atoms with van der Waals surface area (Å²) in [7, 11) is 3.29. The molecule has 1 saturated heterocycles. The number of methoxy groups -OCH3 is 2. The number of anilines is 1. The molecule has 1 heterocycles. The van der Waals surface area contributed by atoms with Crippen molar-refractivity contribution < 1.29 is 14.3 Å². The highest BCUT2D eigenvalue weighted by Gasteiger charge is 2.21. The molecule has 0 aromatic heterocycles. The van der Waals surface area contributed by atoms with Gasteiger partial charge < -0.3 is 19.7 Å². The number of nitrogens with zero attached hydrogens (tertiary/aromatic N) is 2. The molecule has 3 rings (SSSR count). The molecule has 0 radical (unpaired) electrons. The average Bonchev–Trinajstić information content (AvgIpc) is 2.73. The monoisotopic (exact) mass is 383 g/mol. The third-order valence-corrected chi connectivity index (χ3v) is 5.13. The Bertz CT molecular complexity index is 784. The van der Waals surface area contributed by atoms with Gasteiger partial charge in [0.2, 0.25) is 0 Å². The number of amides is 2. The zero-order valence-electron chi connectivity index (χ0n) is 16.9. The molecule has 0 aliphatic carbocycles. The molecule has 2 aromatic rings. The van der Waals surface area contributed by atoms with Gasteiger partial charge in [-0.3, -0.25) is 4.90 Å². The van der Waals surface area contributed by atoms with Gasteiger partial charge in [0, 0.05) is 32.7 Å². The lowest BCUT2D eigenvalue weighted by Gasteiger charge is -2.34. The van der Waals surface area contributed by atoms with Crippen LogP contribution in [-0.2, 0) is 6.42 Å². The smallest absolute Gasteiger partial charge is 0.322 e. The Morgan fingerprint density at radius 2 is 1.71 bits per heavy atom. The van der Waals surface area contributed by atoms with E-state index in [9.17, 15) is 4.79 Å². The first-order valence-electron chi connectivity index (χ1n) is 9.65. The van der Waals surface area contributed by atoms with Gasteiger partial charge in [-0.15, -0.1) is 0 Å². The van der Waals surface area contributed by atoms with Crippen LogP contribution in [0.5, 0.6) is 11.5 Å². The summed E-state index contributed by atoms with van der Waals surface area (Å²) in [6.45, 7) is 6.21. The minimum absolute atomic E-state index is 0.0706. The normalized spacial score (nSPS) is 14.6. The lowest BCUT2D eigenvalue weighted by Crippen LogP contribution is -2.50. The number of benzene rings is 2. The Balaban J connectivity index is 1.46. The Morgan fingerprint density at radius 1 is 1.00 bits per heavy atom. The summed E-state index contributed by atoms with van der Waals surface area (Å²) < 4.78 is 10.5. The van der Waals surface area contributed by atoms with E-state index < -0.39 is 0 Å². The van der Waals surface area contributed by atoms with Crippen molar-refractivity contribution in [1.82, 2.24) is 9.80 Å². The fraction of sp³-hybridized carbons (Fsp3) is 0.409. The van der Waals surface area contributed by atoms with Gasteiger partial charge in [-0.2, -0.15) is 0 Å². The molecule has 6 heteroatoms. The molecule has 1 N–H and O–H groups in total. The largest absolute Gasteiger partial charge is 0.497 e. The molecule has 0 bridgehead atoms. The number of carbonyl (C=O) groups is 1. The van der Waals surface area contributed by atoms with Gasteiger partial charge in [-0.1, -0.05) is 18.2 Å². The second-order valence-electron chi connectivity index (χ2n) is 7.06. The van der Waals surface area contributed by atoms with Crippen LogP contribution < -0.4 is 14.8 Å². The van der Waals surface area contributed by atoms with Crippen molar-refractivity contribution in [1.29, 1.82) is 0 Å². The zero-order valence-corrected chi connectivity index (χ0v) is 16.9. The highest BCUT2D eigenvalue weighted by molar-refractivity contribution is 5.91. The van der Waals surface area contributed by atoms with Crippen molar-refractivity contribution in [2.24, 2.45) is 0 Å². The van der Waals surface area contributed by atoms with Crippen LogP contribution in [0.4, 0.5) is 10.5 Å². The average molecular weight is 383 g/mol. The van der Waals surface area contributed by atoms with Crippen LogP contribution in [0.3, 0.4) is 0 Å². The van der Waals surface area contributed by atoms with Crippen molar-refractivity contribution in [3.63, 3.8) is 0 Å². The van der Waals surface area contributed by atoms with E-state index in [2.05, 4.69) is 22.3 Å². The molecule has 28 heavy (non-hydrogen) atoms. The Labute approximate surface area is 167 Å². The van der Waals surface area contributed by atoms with Crippen LogP contribution in [-0.4, -0.2) is 62.8 Å². The van der Waals surface area contributed by atoms with Gasteiger partial charge in [0.25, 0.3) is 0 Å². The molecule has 0 spiro atoms. The topological polar surface area (TPSA) is 54.0 Å². The predicted molar refractivity (Wildman–Crippen MR) is 111 cm³/mol. The number of hydrogen-bond donors (Lipinski definition) is 1. The molecule has 1 aliphatic heterocycles. The second-order valence-corrected chi connectivity index (χ2v) is 7.06. The number of rotatable bonds is 6. The first-order chi connectivity index (χ1) is 13.6. The first kappa shape index (κ1) is 20.0. The maximum Gasteiger partial charge on any atom is 0.322 e. The SMILES string of the molecule is COc1ccc(CCN2CCN(C(=O)Nc3cc(C)ccc3OC)CC2)cc1. The molecule has 1 fully saturated rings. The fourth-order valence-corrected chi connectivity index (χ4v) is 3.37. The number of urea groups is 1. The molecule has 0 unspecified atom stereocenters. The van der Waals surface area contributed by atoms with Crippen molar-refractivity contribution >= 4 is 11.7 Å². The Hall–Kier alpha value is -2.73. The summed E-state index contributed by atoms with van der Waals surface area (Å²) in [5.74, 6) is 1.56. The summed E-state index contributed by atoms with van der Waals surface area (Å²) >= 11 is 0. The maximum atomic E-state index is 12.6. The molecule has 1 aliphatic rings. The van der Waals surface area contributed by atoms with E-state index in [0.717, 1.165) is 56.1 Å². The molecule has 0 atom stereocenters. The van der Waals surface area contributed by atoms with E-state index in [1.165, 1.54) is 5.56 Å². The zero-order chi connectivity index (χ0) is 19.9. The van der Waals surface area contributed by atoms with Gasteiger partial charge in [-0.05, 0) is 48.7 Å². The molecule has 6 nitrogen and oxygen atoms in total. The third kappa shape index (κ3) is 5.16. The highest BCUT2D eigenvalue weighted by atomic mass is 16.5. The number of carbonyl (C=O) groups excluding carboxylic acids is 1. The third-order valence-electron chi connectivity index (χ3n) is 5.13. The quantitative estimate of drug-likeness (QED) is 0.831. The van der Waals surface area contributed by atoms with Crippen LogP contribution in [0.15, 0.2) is 42.5 Å². The molecule has 0 saturated carbocycles. The Morgan fingerprint density at radius 3 is 2.36 bits per heavy atom. The minimum atomic E-state index is -0.0706. The highest BCUT2D eigenvalue weighted by Crippen LogP contribution is 2.25. The van der Waals surface area contributed by atoms with E-state index in [4.69, 9.17) is 9.47 Å². The van der Waals surface area contributed by atoms with Crippen molar-refractivity contribution in [3.8, 4) is 11.5 Å². The van der Waals surface area contributed by atoms with Crippen LogP contribution in [0, 0.1) is 6.92 Å². The minimum Gasteiger partial charge on any atom is -0.497 e. The lowest BCUT2D eigenvalue weighted by atomic mass is 10.1. The van der Waals surface area contributed by atoms with Gasteiger partial charge in [0.15, 0.2) is 0 Å². The summed E-state index contributed by atoms with van der Waals surface area (Å²) in [6.07, 6.45) is 0.997. The molecular formula is C22H29N3O3. The van der Waals surface area contributed by atoms with Crippen LogP contribution >= 0.6 is 0 Å². The van der Waals surface area contributed by atoms with E-state index >= 15 is 0 Å². The standard InChI is InChI=1S/C22H29N3O3/c1-17-4-9-21(28-3)20(16-17)23-22(26)25-14-12-24(13-15-25)11-10-18-5-7-19(27-2)8-6-18/h4-9,16H,10-15H2,1-3H3,(H,23,26). The summed E-state index contributed by atoms with van der Waals surface area (Å²) in [5.41, 5.74) is 3.10. The summed E-state index contributed by atoms with van der Waals surface area (Å²) in [4.78, 5) is 16.9. The number of aryl methyl sites for hydroxylation is 1. The van der Waals surface area contributed by atoms with Crippen LogP contribution in [0.25, 0.3) is 0 Å². The molecule has 2 amide bonds. The lowest BCUT2D eigenvalue weighted by molar-refractivity contribution is 0.148. The Kier molecular flexibility index (Phi) is 6.76. The van der Waals surface area contributed by atoms with Crippen molar-refractivity contribution in [3.05, 3.63) is 53.6 Å². The molecule has 2 aromatic carbocycles. The number of piperazine rings is 1. The van der Waals surface area contributed by atoms with E-state index in [0.29, 0.717) is 5.75 Å². The fourth-order valence-electron chi connectivity index (χ4n) is 3.37. The predicted octanol–water partition coefficient (Wildman–Crippen LogP) is 3.40. The molecule has 150 valence electrons. The maximum absolute atomic E-state index is 12.6. The van der Waals surface area contributed by atoms with Crippen molar-refractivity contribution in [2.45, 2.75) is 13.3 Å². The second kappa shape index (κ2) is 9.46. The van der Waals surface area contributed by atoms with Crippen LogP contribution in [0.2, 0.25) is 0 Å². The molecular weight excluding hydrogens is 354 g/mol. The van der Waals surface area contributed by atoms with Gasteiger partial charge in [0.05, 0.1) is 19.9 Å². The number of hydrogen-bond acceptors (Lipinski definition) is 4. The van der Waals surface area contributed by atoms with Gasteiger partial charge in [0.1, 0.15) is 11.5 Å². The summed E-state index contributed by atoms with van der Waals surface area (Å²) in [5, 5.41) is 2.99. The van der Waals surface area contributed by atoms with E-state index in [1.807, 2.05) is 42.2 Å². The number of ether oxygens (including phenoxy) is 2. The summed E-state index contributed by atoms with van der Waals surface area (Å²) in [6, 6.07) is 13.9. The first-order valence-corrected chi connectivity index (χ1v) is 9.65. The number of nitrogens with one attached hydrogen (secondary N) is 1. The van der Waals surface area contributed by atoms with Crippen molar-refractivity contribution in [2.75, 3.05) is 52.3 Å². The van der Waals surface area contributed by atoms with E-state index in [-0.39, 0.29) is 6.03 Å². The van der Waals surface area contributed by atoms with Gasteiger partial charge in [-0.25, -0.2) is 4.79 Å². The van der Waals surface area contributed by atoms with Crippen LogP contribution in [0.1, 0.15) is 11.1 Å². The van der Waals surface area contributed by atoms with E-state index in [1.54, 1.807) is 14.2 Å². The van der Waals surface area contributed by atoms with Gasteiger partial charge >= 0.3 is 6.03 Å².